The van der Waals surface area contributed by atoms with Crippen LogP contribution in [0.4, 0.5) is 0 Å². The highest BCUT2D eigenvalue weighted by atomic mass is 16.5. The summed E-state index contributed by atoms with van der Waals surface area (Å²) in [7, 11) is 1.84. The van der Waals surface area contributed by atoms with Gasteiger partial charge < -0.3 is 4.74 Å². The molecule has 0 amide bonds. The number of likely N-dealkylation sites (tertiary alicyclic amines) is 1. The Hall–Kier alpha value is -1.65. The average Bonchev–Trinajstić information content (AvgIpc) is 3.14. The van der Waals surface area contributed by atoms with E-state index < -0.39 is 0 Å². The van der Waals surface area contributed by atoms with Crippen LogP contribution < -0.4 is 0 Å². The number of ether oxygens (including phenoxy) is 1. The van der Waals surface area contributed by atoms with Gasteiger partial charge in [0.25, 0.3) is 0 Å². The first-order chi connectivity index (χ1) is 12.3. The maximum Gasteiger partial charge on any atom is 0.0648 e. The summed E-state index contributed by atoms with van der Waals surface area (Å²) in [6.45, 7) is 13.3. The largest absolute Gasteiger partial charge is 0.384 e. The van der Waals surface area contributed by atoms with Crippen LogP contribution in [0.5, 0.6) is 0 Å². The molecule has 140 valence electrons. The summed E-state index contributed by atoms with van der Waals surface area (Å²) in [5.74, 6) is 0.741. The van der Waals surface area contributed by atoms with Gasteiger partial charge in [0.2, 0.25) is 0 Å². The molecule has 0 spiro atoms. The van der Waals surface area contributed by atoms with Gasteiger partial charge in [-0.15, -0.1) is 0 Å². The minimum Gasteiger partial charge on any atom is -0.384 e. The summed E-state index contributed by atoms with van der Waals surface area (Å²) < 4.78 is 7.58. The highest BCUT2D eigenvalue weighted by Crippen LogP contribution is 2.62. The molecule has 1 aromatic heterocycles. The SMILES string of the molecule is COC[C@@]12CN(Cc3cnn(-c4ccc(C)c(C)c4)c3)C[C@@H]1C(C)(C)C2. The Morgan fingerprint density at radius 3 is 2.73 bits per heavy atom. The van der Waals surface area contributed by atoms with Crippen LogP contribution in [0.25, 0.3) is 5.69 Å². The third kappa shape index (κ3) is 2.89. The Bertz CT molecular complexity index is 809. The van der Waals surface area contributed by atoms with Gasteiger partial charge in [-0.05, 0) is 54.9 Å². The Balaban J connectivity index is 1.47. The van der Waals surface area contributed by atoms with Crippen LogP contribution in [-0.4, -0.2) is 41.5 Å². The number of hydrogen-bond acceptors (Lipinski definition) is 3. The van der Waals surface area contributed by atoms with Gasteiger partial charge >= 0.3 is 0 Å². The molecule has 0 N–H and O–H groups in total. The van der Waals surface area contributed by atoms with Crippen LogP contribution in [0.1, 0.15) is 37.0 Å². The summed E-state index contributed by atoms with van der Waals surface area (Å²) in [5, 5.41) is 4.60. The lowest BCUT2D eigenvalue weighted by Crippen LogP contribution is -2.55. The first kappa shape index (κ1) is 17.7. The van der Waals surface area contributed by atoms with Crippen LogP contribution in [0.3, 0.4) is 0 Å². The molecule has 0 unspecified atom stereocenters. The van der Waals surface area contributed by atoms with Crippen molar-refractivity contribution in [2.45, 2.75) is 40.7 Å². The first-order valence-electron chi connectivity index (χ1n) is 9.65. The van der Waals surface area contributed by atoms with Crippen molar-refractivity contribution >= 4 is 0 Å². The van der Waals surface area contributed by atoms with Crippen LogP contribution in [0.2, 0.25) is 0 Å². The first-order valence-corrected chi connectivity index (χ1v) is 9.65. The molecule has 2 heterocycles. The number of rotatable bonds is 5. The highest BCUT2D eigenvalue weighted by molar-refractivity contribution is 5.39. The molecule has 2 atom stereocenters. The van der Waals surface area contributed by atoms with E-state index in [1.165, 1.54) is 29.7 Å². The van der Waals surface area contributed by atoms with E-state index in [9.17, 15) is 0 Å². The molecular formula is C22H31N3O. The van der Waals surface area contributed by atoms with Crippen LogP contribution in [0.15, 0.2) is 30.6 Å². The predicted molar refractivity (Wildman–Crippen MR) is 105 cm³/mol. The number of benzene rings is 1. The second-order valence-electron chi connectivity index (χ2n) is 9.24. The Labute approximate surface area is 157 Å². The minimum absolute atomic E-state index is 0.363. The van der Waals surface area contributed by atoms with E-state index in [0.29, 0.717) is 10.8 Å². The normalized spacial score (nSPS) is 27.3. The average molecular weight is 354 g/mol. The number of aryl methyl sites for hydroxylation is 2. The smallest absolute Gasteiger partial charge is 0.0648 e. The van der Waals surface area contributed by atoms with Crippen molar-refractivity contribution in [3.05, 3.63) is 47.3 Å². The molecule has 2 aliphatic rings. The van der Waals surface area contributed by atoms with Gasteiger partial charge in [0.05, 0.1) is 18.5 Å². The van der Waals surface area contributed by atoms with Crippen LogP contribution in [-0.2, 0) is 11.3 Å². The lowest BCUT2D eigenvalue weighted by atomic mass is 9.48. The quantitative estimate of drug-likeness (QED) is 0.814. The van der Waals surface area contributed by atoms with Gasteiger partial charge in [-0.2, -0.15) is 5.10 Å². The summed E-state index contributed by atoms with van der Waals surface area (Å²) in [6.07, 6.45) is 5.47. The van der Waals surface area contributed by atoms with Crippen LogP contribution in [0, 0.1) is 30.6 Å². The van der Waals surface area contributed by atoms with E-state index in [0.717, 1.165) is 31.3 Å². The third-order valence-electron chi connectivity index (χ3n) is 6.70. The Kier molecular flexibility index (Phi) is 4.24. The molecule has 1 saturated carbocycles. The summed E-state index contributed by atoms with van der Waals surface area (Å²) in [5.41, 5.74) is 5.85. The molecule has 2 fully saturated rings. The van der Waals surface area contributed by atoms with Gasteiger partial charge in [-0.3, -0.25) is 4.90 Å². The van der Waals surface area contributed by atoms with Gasteiger partial charge in [0.1, 0.15) is 0 Å². The molecule has 0 bridgehead atoms. The second-order valence-corrected chi connectivity index (χ2v) is 9.24. The van der Waals surface area contributed by atoms with Gasteiger partial charge in [-0.1, -0.05) is 19.9 Å². The zero-order valence-electron chi connectivity index (χ0n) is 16.7. The van der Waals surface area contributed by atoms with E-state index in [-0.39, 0.29) is 0 Å². The van der Waals surface area contributed by atoms with Crippen LogP contribution >= 0.6 is 0 Å². The topological polar surface area (TPSA) is 30.3 Å². The van der Waals surface area contributed by atoms with Crippen molar-refractivity contribution in [3.63, 3.8) is 0 Å². The molecular weight excluding hydrogens is 322 g/mol. The lowest BCUT2D eigenvalue weighted by molar-refractivity contribution is -0.107. The van der Waals surface area contributed by atoms with Gasteiger partial charge in [-0.25, -0.2) is 4.68 Å². The number of methoxy groups -OCH3 is 1. The van der Waals surface area contributed by atoms with E-state index in [1.54, 1.807) is 0 Å². The predicted octanol–water partition coefficient (Wildman–Crippen LogP) is 3.98. The number of aromatic nitrogens is 2. The van der Waals surface area contributed by atoms with E-state index in [2.05, 4.69) is 62.1 Å². The lowest BCUT2D eigenvalue weighted by Gasteiger charge is -2.56. The zero-order chi connectivity index (χ0) is 18.5. The molecule has 4 nitrogen and oxygen atoms in total. The molecule has 4 rings (SSSR count). The number of fused-ring (bicyclic) bond motifs is 1. The fourth-order valence-electron chi connectivity index (χ4n) is 5.54. The third-order valence-corrected chi connectivity index (χ3v) is 6.70. The van der Waals surface area contributed by atoms with E-state index >= 15 is 0 Å². The molecule has 1 saturated heterocycles. The van der Waals surface area contributed by atoms with Crippen molar-refractivity contribution in [1.82, 2.24) is 14.7 Å². The monoisotopic (exact) mass is 353 g/mol. The molecule has 4 heteroatoms. The second kappa shape index (κ2) is 6.21. The van der Waals surface area contributed by atoms with Crippen molar-refractivity contribution in [3.8, 4) is 5.69 Å². The summed E-state index contributed by atoms with van der Waals surface area (Å²) in [4.78, 5) is 2.60. The molecule has 2 aromatic rings. The maximum absolute atomic E-state index is 5.58. The molecule has 0 radical (unpaired) electrons. The zero-order valence-corrected chi connectivity index (χ0v) is 16.7. The minimum atomic E-state index is 0.363. The van der Waals surface area contributed by atoms with Crippen molar-refractivity contribution in [1.29, 1.82) is 0 Å². The van der Waals surface area contributed by atoms with E-state index in [1.807, 2.05) is 18.0 Å². The van der Waals surface area contributed by atoms with Crippen molar-refractivity contribution in [2.75, 3.05) is 26.8 Å². The standard InChI is InChI=1S/C22H31N3O/c1-16-6-7-19(8-17(16)2)25-11-18(9-23-25)10-24-12-20-21(3,4)13-22(20,14-24)15-26-5/h6-9,11,20H,10,12-15H2,1-5H3/t20-,22-/m1/s1. The molecule has 1 aliphatic carbocycles. The fourth-order valence-corrected chi connectivity index (χ4v) is 5.54. The summed E-state index contributed by atoms with van der Waals surface area (Å²) in [6, 6.07) is 6.52. The van der Waals surface area contributed by atoms with Gasteiger partial charge in [0, 0.05) is 43.9 Å². The Morgan fingerprint density at radius 1 is 1.23 bits per heavy atom. The number of hydrogen-bond donors (Lipinski definition) is 0. The molecule has 26 heavy (non-hydrogen) atoms. The van der Waals surface area contributed by atoms with Crippen molar-refractivity contribution < 1.29 is 4.74 Å². The fraction of sp³-hybridized carbons (Fsp3) is 0.591. The maximum atomic E-state index is 5.58. The molecule has 1 aliphatic heterocycles. The molecule has 1 aromatic carbocycles. The van der Waals surface area contributed by atoms with E-state index in [4.69, 9.17) is 4.74 Å². The Morgan fingerprint density at radius 2 is 2.04 bits per heavy atom. The summed E-state index contributed by atoms with van der Waals surface area (Å²) >= 11 is 0. The van der Waals surface area contributed by atoms with Crippen molar-refractivity contribution in [2.24, 2.45) is 16.7 Å². The number of nitrogens with zero attached hydrogens (tertiary/aromatic N) is 3. The highest BCUT2D eigenvalue weighted by Gasteiger charge is 2.62. The van der Waals surface area contributed by atoms with Gasteiger partial charge in [0.15, 0.2) is 0 Å².